The number of hydrogen-bond donors (Lipinski definition) is 2. The smallest absolute Gasteiger partial charge is 0.436 e. The minimum absolute atomic E-state index is 0.0120. The summed E-state index contributed by atoms with van der Waals surface area (Å²) in [6.07, 6.45) is 1.19. The van der Waals surface area contributed by atoms with Crippen molar-refractivity contribution in [2.45, 2.75) is 49.2 Å². The topological polar surface area (TPSA) is 106 Å². The SMILES string of the molecule is O=C(NC1CCCCC1)NS(=O)(=O)c1ccc(-n2nc(C(F)(F)F)c(Br)c2-c2ccco2)cc1. The molecular formula is C21H20BrF3N4O4S. The van der Waals surface area contributed by atoms with Crippen LogP contribution in [-0.4, -0.2) is 30.3 Å². The third kappa shape index (κ3) is 5.14. The van der Waals surface area contributed by atoms with Gasteiger partial charge in [0.1, 0.15) is 5.69 Å². The van der Waals surface area contributed by atoms with Gasteiger partial charge in [0, 0.05) is 6.04 Å². The minimum Gasteiger partial charge on any atom is -0.463 e. The van der Waals surface area contributed by atoms with Gasteiger partial charge < -0.3 is 9.73 Å². The quantitative estimate of drug-likeness (QED) is 0.444. The van der Waals surface area contributed by atoms with E-state index in [0.717, 1.165) is 36.8 Å². The van der Waals surface area contributed by atoms with Crippen molar-refractivity contribution in [3.05, 3.63) is 52.8 Å². The number of aromatic nitrogens is 2. The number of carbonyl (C=O) groups excluding carboxylic acids is 1. The molecule has 0 aliphatic heterocycles. The van der Waals surface area contributed by atoms with Crippen LogP contribution in [0.25, 0.3) is 17.1 Å². The Labute approximate surface area is 201 Å². The number of nitrogens with zero attached hydrogens (tertiary/aromatic N) is 2. The fraction of sp³-hybridized carbons (Fsp3) is 0.333. The highest BCUT2D eigenvalue weighted by molar-refractivity contribution is 9.10. The summed E-state index contributed by atoms with van der Waals surface area (Å²) in [5.41, 5.74) is -0.984. The lowest BCUT2D eigenvalue weighted by Crippen LogP contribution is -2.45. The molecule has 1 aliphatic rings. The highest BCUT2D eigenvalue weighted by Crippen LogP contribution is 2.41. The molecule has 4 rings (SSSR count). The Kier molecular flexibility index (Phi) is 6.76. The van der Waals surface area contributed by atoms with E-state index in [1.807, 2.05) is 4.72 Å². The van der Waals surface area contributed by atoms with E-state index in [2.05, 4.69) is 26.3 Å². The number of benzene rings is 1. The Balaban J connectivity index is 1.59. The summed E-state index contributed by atoms with van der Waals surface area (Å²) in [6, 6.07) is 7.05. The lowest BCUT2D eigenvalue weighted by atomic mass is 9.96. The van der Waals surface area contributed by atoms with E-state index >= 15 is 0 Å². The number of urea groups is 1. The van der Waals surface area contributed by atoms with Gasteiger partial charge in [-0.05, 0) is 65.2 Å². The molecule has 0 radical (unpaired) electrons. The van der Waals surface area contributed by atoms with Crippen LogP contribution in [0.3, 0.4) is 0 Å². The van der Waals surface area contributed by atoms with Crippen LogP contribution in [0.4, 0.5) is 18.0 Å². The van der Waals surface area contributed by atoms with Gasteiger partial charge in [0.25, 0.3) is 10.0 Å². The Morgan fingerprint density at radius 2 is 1.79 bits per heavy atom. The maximum absolute atomic E-state index is 13.4. The minimum atomic E-state index is -4.73. The highest BCUT2D eigenvalue weighted by Gasteiger charge is 2.39. The van der Waals surface area contributed by atoms with Crippen molar-refractivity contribution < 1.29 is 30.8 Å². The van der Waals surface area contributed by atoms with E-state index in [-0.39, 0.29) is 32.6 Å². The number of alkyl halides is 3. The standard InChI is InChI=1S/C21H20BrF3N4O4S/c22-17-18(16-7-4-12-33-16)29(27-19(17)21(23,24)25)14-8-10-15(11-9-14)34(31,32)28-20(30)26-13-5-2-1-3-6-13/h4,7-13H,1-3,5-6H2,(H2,26,28,30). The number of halogens is 4. The van der Waals surface area contributed by atoms with Crippen molar-refractivity contribution in [1.82, 2.24) is 19.8 Å². The first-order valence-electron chi connectivity index (χ1n) is 10.4. The van der Waals surface area contributed by atoms with Gasteiger partial charge in [0.15, 0.2) is 11.5 Å². The van der Waals surface area contributed by atoms with Crippen LogP contribution in [0.15, 0.2) is 56.4 Å². The molecule has 2 aromatic heterocycles. The second-order valence-electron chi connectivity index (χ2n) is 7.81. The first-order chi connectivity index (χ1) is 16.1. The van der Waals surface area contributed by atoms with Crippen LogP contribution in [0.5, 0.6) is 0 Å². The van der Waals surface area contributed by atoms with Gasteiger partial charge in [-0.3, -0.25) is 0 Å². The number of nitrogens with one attached hydrogen (secondary N) is 2. The van der Waals surface area contributed by atoms with Gasteiger partial charge >= 0.3 is 12.2 Å². The zero-order valence-electron chi connectivity index (χ0n) is 17.6. The van der Waals surface area contributed by atoms with Crippen molar-refractivity contribution in [2.75, 3.05) is 0 Å². The van der Waals surface area contributed by atoms with Crippen LogP contribution in [-0.2, 0) is 16.2 Å². The maximum Gasteiger partial charge on any atom is 0.436 e. The van der Waals surface area contributed by atoms with Crippen LogP contribution in [0.1, 0.15) is 37.8 Å². The molecule has 1 aromatic carbocycles. The molecule has 3 aromatic rings. The summed E-state index contributed by atoms with van der Waals surface area (Å²) < 4.78 is 73.5. The number of rotatable bonds is 5. The number of sulfonamides is 1. The monoisotopic (exact) mass is 560 g/mol. The third-order valence-corrected chi connectivity index (χ3v) is 7.51. The first-order valence-corrected chi connectivity index (χ1v) is 12.7. The van der Waals surface area contributed by atoms with Crippen molar-refractivity contribution in [3.63, 3.8) is 0 Å². The van der Waals surface area contributed by atoms with Gasteiger partial charge in [0.2, 0.25) is 0 Å². The molecule has 2 amide bonds. The largest absolute Gasteiger partial charge is 0.463 e. The van der Waals surface area contributed by atoms with Crippen molar-refractivity contribution in [2.24, 2.45) is 0 Å². The molecule has 0 unspecified atom stereocenters. The van der Waals surface area contributed by atoms with E-state index in [1.54, 1.807) is 0 Å². The number of amides is 2. The number of carbonyl (C=O) groups is 1. The van der Waals surface area contributed by atoms with E-state index in [1.165, 1.54) is 42.7 Å². The van der Waals surface area contributed by atoms with Crippen molar-refractivity contribution >= 4 is 32.0 Å². The Bertz CT molecular complexity index is 1270. The zero-order chi connectivity index (χ0) is 24.5. The summed E-state index contributed by atoms with van der Waals surface area (Å²) in [5.74, 6) is 0.132. The van der Waals surface area contributed by atoms with E-state index in [4.69, 9.17) is 4.42 Å². The van der Waals surface area contributed by atoms with Gasteiger partial charge in [-0.1, -0.05) is 19.3 Å². The predicted molar refractivity (Wildman–Crippen MR) is 120 cm³/mol. The van der Waals surface area contributed by atoms with Gasteiger partial charge in [-0.2, -0.15) is 18.3 Å². The molecule has 2 N–H and O–H groups in total. The molecule has 2 heterocycles. The summed E-state index contributed by atoms with van der Waals surface area (Å²) in [6.45, 7) is 0. The molecule has 13 heteroatoms. The molecule has 0 bridgehead atoms. The second-order valence-corrected chi connectivity index (χ2v) is 10.3. The molecule has 1 aliphatic carbocycles. The average Bonchev–Trinajstić information content (AvgIpc) is 3.41. The van der Waals surface area contributed by atoms with Gasteiger partial charge in [-0.15, -0.1) is 0 Å². The van der Waals surface area contributed by atoms with Crippen LogP contribution < -0.4 is 10.0 Å². The van der Waals surface area contributed by atoms with Crippen molar-refractivity contribution in [1.29, 1.82) is 0 Å². The Morgan fingerprint density at radius 1 is 1.12 bits per heavy atom. The molecule has 182 valence electrons. The van der Waals surface area contributed by atoms with Crippen molar-refractivity contribution in [3.8, 4) is 17.1 Å². The van der Waals surface area contributed by atoms with E-state index in [0.29, 0.717) is 0 Å². The average molecular weight is 561 g/mol. The third-order valence-electron chi connectivity index (χ3n) is 5.41. The number of furan rings is 1. The molecule has 1 fully saturated rings. The summed E-state index contributed by atoms with van der Waals surface area (Å²) in [5, 5.41) is 6.33. The van der Waals surface area contributed by atoms with Gasteiger partial charge in [0.05, 0.1) is 21.3 Å². The summed E-state index contributed by atoms with van der Waals surface area (Å²) >= 11 is 2.96. The molecular weight excluding hydrogens is 541 g/mol. The predicted octanol–water partition coefficient (Wildman–Crippen LogP) is 5.23. The molecule has 0 spiro atoms. The highest BCUT2D eigenvalue weighted by atomic mass is 79.9. The normalized spacial score (nSPS) is 15.3. The summed E-state index contributed by atoms with van der Waals surface area (Å²) in [7, 11) is -4.19. The molecule has 0 saturated heterocycles. The van der Waals surface area contributed by atoms with Crippen LogP contribution >= 0.6 is 15.9 Å². The molecule has 1 saturated carbocycles. The van der Waals surface area contributed by atoms with Crippen LogP contribution in [0, 0.1) is 0 Å². The Morgan fingerprint density at radius 3 is 2.38 bits per heavy atom. The fourth-order valence-corrected chi connectivity index (χ4v) is 5.38. The lowest BCUT2D eigenvalue weighted by molar-refractivity contribution is -0.141. The Hall–Kier alpha value is -2.80. The summed E-state index contributed by atoms with van der Waals surface area (Å²) in [4.78, 5) is 11.9. The van der Waals surface area contributed by atoms with E-state index in [9.17, 15) is 26.4 Å². The second kappa shape index (κ2) is 9.45. The molecule has 0 atom stereocenters. The fourth-order valence-electron chi connectivity index (χ4n) is 3.80. The maximum atomic E-state index is 13.4. The van der Waals surface area contributed by atoms with Crippen LogP contribution in [0.2, 0.25) is 0 Å². The first kappa shape index (κ1) is 24.3. The number of hydrogen-bond acceptors (Lipinski definition) is 5. The zero-order valence-corrected chi connectivity index (χ0v) is 20.0. The molecule has 8 nitrogen and oxygen atoms in total. The molecule has 34 heavy (non-hydrogen) atoms. The lowest BCUT2D eigenvalue weighted by Gasteiger charge is -2.22. The van der Waals surface area contributed by atoms with E-state index < -0.39 is 27.9 Å². The van der Waals surface area contributed by atoms with Gasteiger partial charge in [-0.25, -0.2) is 22.6 Å².